The second-order valence-electron chi connectivity index (χ2n) is 17.9. The number of hydrogen-bond acceptors (Lipinski definition) is 3. The minimum absolute atomic E-state index is 0.156. The SMILES string of the molecule is [C-]#[N+]c1cccc(-c2ccc3c(c2)Oc2cc(-c4ccc5c(c4)c4cc6c(cc4n5-c4cccc(C#N)c4)C(C)(C)c4ccccc4-6)ccc2N3c2cccc(C3CCCC3)c2)c1. The number of anilines is 3. The standard InChI is InChI=1S/C58H42N4O/c1-58(2)50-20-7-6-19-46(50)47-33-49-48-30-40(21-24-52(48)61(55(49)34-51(47)58)44-17-8-11-36(27-44)35-59)42-23-26-54-57(32-42)63-56-31-41(38-14-9-16-43(28-38)60-3)22-25-53(56)62(54)45-18-10-15-39(29-45)37-12-4-5-13-37/h6-11,14-34,37H,4-5,12-13H2,1-2H3. The third kappa shape index (κ3) is 5.81. The van der Waals surface area contributed by atoms with Crippen molar-refractivity contribution >= 4 is 44.6 Å². The predicted molar refractivity (Wildman–Crippen MR) is 256 cm³/mol. The van der Waals surface area contributed by atoms with E-state index in [-0.39, 0.29) is 5.41 Å². The van der Waals surface area contributed by atoms with Crippen LogP contribution < -0.4 is 9.64 Å². The minimum Gasteiger partial charge on any atom is -0.453 e. The molecule has 12 rings (SSSR count). The molecule has 2 heterocycles. The average Bonchev–Trinajstić information content (AvgIpc) is 4.04. The average molecular weight is 811 g/mol. The van der Waals surface area contributed by atoms with Gasteiger partial charge in [-0.1, -0.05) is 106 Å². The van der Waals surface area contributed by atoms with Crippen LogP contribution in [0.15, 0.2) is 164 Å². The monoisotopic (exact) mass is 810 g/mol. The van der Waals surface area contributed by atoms with Gasteiger partial charge in [0, 0.05) is 27.6 Å². The molecule has 63 heavy (non-hydrogen) atoms. The van der Waals surface area contributed by atoms with Crippen molar-refractivity contribution in [3.63, 3.8) is 0 Å². The molecule has 5 nitrogen and oxygen atoms in total. The van der Waals surface area contributed by atoms with Gasteiger partial charge in [0.1, 0.15) is 0 Å². The van der Waals surface area contributed by atoms with Crippen LogP contribution in [-0.2, 0) is 5.41 Å². The van der Waals surface area contributed by atoms with Crippen LogP contribution in [0.3, 0.4) is 0 Å². The van der Waals surface area contributed by atoms with Crippen LogP contribution in [0.5, 0.6) is 11.5 Å². The molecule has 0 amide bonds. The Morgan fingerprint density at radius 1 is 0.603 bits per heavy atom. The molecular weight excluding hydrogens is 769 g/mol. The minimum atomic E-state index is -0.156. The normalized spacial score (nSPS) is 14.7. The molecule has 0 spiro atoms. The van der Waals surface area contributed by atoms with E-state index in [0.717, 1.165) is 72.9 Å². The molecule has 8 aromatic carbocycles. The van der Waals surface area contributed by atoms with Crippen LogP contribution >= 0.6 is 0 Å². The maximum absolute atomic E-state index is 9.92. The molecule has 3 aliphatic rings. The van der Waals surface area contributed by atoms with E-state index in [1.807, 2.05) is 36.4 Å². The van der Waals surface area contributed by atoms with Crippen molar-refractivity contribution in [3.05, 3.63) is 197 Å². The Kier molecular flexibility index (Phi) is 8.27. The van der Waals surface area contributed by atoms with Gasteiger partial charge in [-0.2, -0.15) is 5.26 Å². The van der Waals surface area contributed by atoms with Crippen LogP contribution in [0, 0.1) is 17.9 Å². The first kappa shape index (κ1) is 36.9. The summed E-state index contributed by atoms with van der Waals surface area (Å²) in [5.41, 5.74) is 18.1. The first-order chi connectivity index (χ1) is 30.9. The van der Waals surface area contributed by atoms with E-state index < -0.39 is 0 Å². The van der Waals surface area contributed by atoms with Gasteiger partial charge in [-0.15, -0.1) is 0 Å². The zero-order valence-corrected chi connectivity index (χ0v) is 35.2. The predicted octanol–water partition coefficient (Wildman–Crippen LogP) is 16.1. The quantitative estimate of drug-likeness (QED) is 0.163. The van der Waals surface area contributed by atoms with Crippen LogP contribution in [0.4, 0.5) is 22.7 Å². The molecule has 2 aliphatic carbocycles. The number of aromatic nitrogens is 1. The number of fused-ring (bicyclic) bond motifs is 8. The van der Waals surface area contributed by atoms with Crippen molar-refractivity contribution in [1.82, 2.24) is 4.57 Å². The highest BCUT2D eigenvalue weighted by atomic mass is 16.5. The largest absolute Gasteiger partial charge is 0.453 e. The Labute approximate surface area is 367 Å². The summed E-state index contributed by atoms with van der Waals surface area (Å²) in [6.07, 6.45) is 5.04. The Morgan fingerprint density at radius 2 is 1.29 bits per heavy atom. The Balaban J connectivity index is 1.03. The molecule has 0 radical (unpaired) electrons. The fourth-order valence-corrected chi connectivity index (χ4v) is 10.8. The second-order valence-corrected chi connectivity index (χ2v) is 17.9. The summed E-state index contributed by atoms with van der Waals surface area (Å²) in [5, 5.41) is 12.2. The van der Waals surface area contributed by atoms with Gasteiger partial charge in [0.05, 0.1) is 40.6 Å². The van der Waals surface area contributed by atoms with Gasteiger partial charge in [-0.05, 0) is 154 Å². The zero-order valence-electron chi connectivity index (χ0n) is 35.2. The lowest BCUT2D eigenvalue weighted by Crippen LogP contribution is -2.16. The number of nitriles is 1. The van der Waals surface area contributed by atoms with E-state index in [4.69, 9.17) is 11.3 Å². The van der Waals surface area contributed by atoms with Crippen LogP contribution in [0.25, 0.3) is 65.7 Å². The van der Waals surface area contributed by atoms with E-state index in [2.05, 4.69) is 162 Å². The van der Waals surface area contributed by atoms with Gasteiger partial charge >= 0.3 is 0 Å². The summed E-state index contributed by atoms with van der Waals surface area (Å²) in [4.78, 5) is 6.04. The van der Waals surface area contributed by atoms with Crippen molar-refractivity contribution in [3.8, 4) is 56.6 Å². The number of nitrogens with zero attached hydrogens (tertiary/aromatic N) is 4. The van der Waals surface area contributed by atoms with Crippen LogP contribution in [-0.4, -0.2) is 4.57 Å². The topological polar surface area (TPSA) is 45.6 Å². The van der Waals surface area contributed by atoms with Crippen molar-refractivity contribution in [2.24, 2.45) is 0 Å². The highest BCUT2D eigenvalue weighted by molar-refractivity contribution is 6.13. The Bertz CT molecular complexity index is 3460. The number of ether oxygens (including phenoxy) is 1. The zero-order chi connectivity index (χ0) is 42.4. The molecule has 0 saturated heterocycles. The highest BCUT2D eigenvalue weighted by Gasteiger charge is 2.36. The molecule has 0 atom stereocenters. The molecule has 0 unspecified atom stereocenters. The van der Waals surface area contributed by atoms with E-state index in [1.54, 1.807) is 0 Å². The lowest BCUT2D eigenvalue weighted by Gasteiger charge is -2.34. The fourth-order valence-electron chi connectivity index (χ4n) is 10.8. The number of benzene rings is 8. The summed E-state index contributed by atoms with van der Waals surface area (Å²) >= 11 is 0. The molecule has 0 bridgehead atoms. The van der Waals surface area contributed by atoms with Crippen LogP contribution in [0.2, 0.25) is 0 Å². The van der Waals surface area contributed by atoms with E-state index in [1.165, 1.54) is 58.9 Å². The maximum Gasteiger partial charge on any atom is 0.187 e. The first-order valence-electron chi connectivity index (χ1n) is 21.9. The van der Waals surface area contributed by atoms with Gasteiger partial charge in [0.15, 0.2) is 17.2 Å². The van der Waals surface area contributed by atoms with Crippen molar-refractivity contribution < 1.29 is 4.74 Å². The third-order valence-corrected chi connectivity index (χ3v) is 13.9. The molecule has 1 fully saturated rings. The first-order valence-corrected chi connectivity index (χ1v) is 21.9. The summed E-state index contributed by atoms with van der Waals surface area (Å²) < 4.78 is 9.28. The Morgan fingerprint density at radius 3 is 2.06 bits per heavy atom. The molecule has 9 aromatic rings. The second kappa shape index (κ2) is 14.1. The summed E-state index contributed by atoms with van der Waals surface area (Å²) in [6, 6.07) is 60.5. The molecule has 1 aromatic heterocycles. The third-order valence-electron chi connectivity index (χ3n) is 13.9. The van der Waals surface area contributed by atoms with Crippen molar-refractivity contribution in [1.29, 1.82) is 5.26 Å². The summed E-state index contributed by atoms with van der Waals surface area (Å²) in [5.74, 6) is 2.14. The highest BCUT2D eigenvalue weighted by Crippen LogP contribution is 2.54. The van der Waals surface area contributed by atoms with Gasteiger partial charge in [0.25, 0.3) is 0 Å². The Hall–Kier alpha value is -7.86. The smallest absolute Gasteiger partial charge is 0.187 e. The lowest BCUT2D eigenvalue weighted by molar-refractivity contribution is 0.477. The van der Waals surface area contributed by atoms with Gasteiger partial charge in [-0.3, -0.25) is 0 Å². The van der Waals surface area contributed by atoms with E-state index in [9.17, 15) is 5.26 Å². The fraction of sp³-hybridized carbons (Fsp3) is 0.138. The van der Waals surface area contributed by atoms with Crippen LogP contribution in [0.1, 0.15) is 67.7 Å². The maximum atomic E-state index is 9.92. The number of rotatable bonds is 5. The van der Waals surface area contributed by atoms with Gasteiger partial charge in [-0.25, -0.2) is 4.85 Å². The number of hydrogen-bond donors (Lipinski definition) is 0. The van der Waals surface area contributed by atoms with Crippen molar-refractivity contribution in [2.75, 3.05) is 4.90 Å². The molecular formula is C58H42N4O. The molecule has 1 aliphatic heterocycles. The van der Waals surface area contributed by atoms with Gasteiger partial charge < -0.3 is 14.2 Å². The molecule has 5 heteroatoms. The van der Waals surface area contributed by atoms with E-state index >= 15 is 0 Å². The molecule has 300 valence electrons. The van der Waals surface area contributed by atoms with E-state index in [0.29, 0.717) is 17.2 Å². The lowest BCUT2D eigenvalue weighted by atomic mass is 9.82. The van der Waals surface area contributed by atoms with Crippen molar-refractivity contribution in [2.45, 2.75) is 50.9 Å². The van der Waals surface area contributed by atoms with Gasteiger partial charge in [0.2, 0.25) is 0 Å². The molecule has 0 N–H and O–H groups in total. The molecule has 1 saturated carbocycles. The summed E-state index contributed by atoms with van der Waals surface area (Å²) in [6.45, 7) is 12.3. The summed E-state index contributed by atoms with van der Waals surface area (Å²) in [7, 11) is 0.